The standard InChI is InChI=1S/C89H57BN6/c91-58-59-49-72(89-92-80(66-29-15-5-16-30-66)57-81(93-89)67-31-17-6-18-32-67)51-75(50-59)96-82-34-20-19-33-76(82)77-52-68(39-46-83(77)96)71-55-86-88-87(56-71)95(74-44-37-65(38-45-74)61-23-9-2-10-24-61)85-48-41-70(63-27-13-4-14-28-63)54-79(85)90(88)78-53-69(62-25-11-3-12-26-62)40-47-84(78)94(86)73-42-35-64(36-43-73)60-21-7-1-8-22-60/h1-57H. The van der Waals surface area contributed by atoms with Gasteiger partial charge in [0.25, 0.3) is 6.71 Å². The molecule has 0 unspecified atom stereocenters. The molecular formula is C89H57BN6. The van der Waals surface area contributed by atoms with Crippen LogP contribution in [0.5, 0.6) is 0 Å². The first-order valence-corrected chi connectivity index (χ1v) is 32.6. The fraction of sp³-hybridized carbons (Fsp3) is 0. The molecule has 2 aliphatic heterocycles. The van der Waals surface area contributed by atoms with Crippen LogP contribution in [0.15, 0.2) is 346 Å². The predicted octanol–water partition coefficient (Wildman–Crippen LogP) is 20.9. The number of nitriles is 1. The number of benzene rings is 14. The summed E-state index contributed by atoms with van der Waals surface area (Å²) >= 11 is 0. The van der Waals surface area contributed by atoms with Crippen LogP contribution in [0.2, 0.25) is 0 Å². The number of nitrogens with zero attached hydrogens (tertiary/aromatic N) is 6. The quantitative estimate of drug-likeness (QED) is 0.121. The smallest absolute Gasteiger partial charge is 0.252 e. The minimum absolute atomic E-state index is 0.160. The van der Waals surface area contributed by atoms with E-state index in [4.69, 9.17) is 9.97 Å². The van der Waals surface area contributed by atoms with Crippen LogP contribution in [-0.2, 0) is 0 Å². The van der Waals surface area contributed by atoms with E-state index in [-0.39, 0.29) is 6.71 Å². The number of fused-ring (bicyclic) bond motifs is 7. The summed E-state index contributed by atoms with van der Waals surface area (Å²) in [6.07, 6.45) is 0. The van der Waals surface area contributed by atoms with Crippen molar-refractivity contribution < 1.29 is 0 Å². The average Bonchev–Trinajstić information content (AvgIpc) is 0.756. The first kappa shape index (κ1) is 55.9. The van der Waals surface area contributed by atoms with E-state index in [0.717, 1.165) is 112 Å². The van der Waals surface area contributed by atoms with Gasteiger partial charge < -0.3 is 14.4 Å². The summed E-state index contributed by atoms with van der Waals surface area (Å²) in [4.78, 5) is 15.5. The van der Waals surface area contributed by atoms with Gasteiger partial charge in [-0.2, -0.15) is 5.26 Å². The summed E-state index contributed by atoms with van der Waals surface area (Å²) in [6, 6.07) is 127. The van der Waals surface area contributed by atoms with E-state index in [1.54, 1.807) is 0 Å². The van der Waals surface area contributed by atoms with Gasteiger partial charge in [-0.3, -0.25) is 0 Å². The van der Waals surface area contributed by atoms with E-state index in [9.17, 15) is 5.26 Å². The highest BCUT2D eigenvalue weighted by atomic mass is 15.2. The molecule has 0 atom stereocenters. The van der Waals surface area contributed by atoms with Crippen LogP contribution < -0.4 is 26.2 Å². The molecule has 446 valence electrons. The SMILES string of the molecule is N#Cc1cc(-c2nc(-c3ccccc3)cc(-c3ccccc3)n2)cc(-n2c3ccccc3c3cc(-c4cc5c6c(c4)N(c4ccc(-c7ccccc7)cc4)c4ccc(-c7ccccc7)cc4B6c4cc(-c6ccccc6)ccc4N5c4ccc(-c5ccccc5)cc4)ccc32)c1. The lowest BCUT2D eigenvalue weighted by molar-refractivity contribution is 1.15. The molecule has 0 fully saturated rings. The topological polar surface area (TPSA) is 61.0 Å². The van der Waals surface area contributed by atoms with E-state index in [1.807, 2.05) is 54.6 Å². The molecule has 18 rings (SSSR count). The van der Waals surface area contributed by atoms with Gasteiger partial charge in [-0.05, 0) is 163 Å². The molecule has 0 bridgehead atoms. The monoisotopic (exact) mass is 1220 g/mol. The molecule has 0 radical (unpaired) electrons. The largest absolute Gasteiger partial charge is 0.311 e. The first-order chi connectivity index (χ1) is 47.5. The van der Waals surface area contributed by atoms with Crippen LogP contribution in [-0.4, -0.2) is 21.2 Å². The summed E-state index contributed by atoms with van der Waals surface area (Å²) in [5.41, 5.74) is 29.5. The van der Waals surface area contributed by atoms with Gasteiger partial charge in [-0.15, -0.1) is 0 Å². The number of aromatic nitrogens is 3. The number of hydrogen-bond acceptors (Lipinski definition) is 5. The summed E-state index contributed by atoms with van der Waals surface area (Å²) < 4.78 is 2.29. The predicted molar refractivity (Wildman–Crippen MR) is 399 cm³/mol. The van der Waals surface area contributed by atoms with Crippen molar-refractivity contribution in [1.29, 1.82) is 5.26 Å². The highest BCUT2D eigenvalue weighted by Gasteiger charge is 2.44. The Bertz CT molecular complexity index is 5440. The van der Waals surface area contributed by atoms with Crippen molar-refractivity contribution in [3.8, 4) is 101 Å². The van der Waals surface area contributed by atoms with E-state index in [0.29, 0.717) is 11.4 Å². The van der Waals surface area contributed by atoms with Gasteiger partial charge in [0.1, 0.15) is 0 Å². The summed E-state index contributed by atoms with van der Waals surface area (Å²) in [7, 11) is 0. The molecule has 2 aliphatic rings. The van der Waals surface area contributed by atoms with E-state index in [2.05, 4.69) is 312 Å². The molecule has 0 saturated heterocycles. The van der Waals surface area contributed by atoms with Gasteiger partial charge in [0.05, 0.1) is 34.1 Å². The van der Waals surface area contributed by atoms with Crippen molar-refractivity contribution in [3.63, 3.8) is 0 Å². The maximum absolute atomic E-state index is 10.9. The second-order valence-electron chi connectivity index (χ2n) is 24.8. The lowest BCUT2D eigenvalue weighted by atomic mass is 9.33. The second kappa shape index (κ2) is 23.3. The minimum atomic E-state index is -0.160. The van der Waals surface area contributed by atoms with E-state index < -0.39 is 0 Å². The Labute approximate surface area is 557 Å². The number of anilines is 6. The van der Waals surface area contributed by atoms with Crippen LogP contribution in [0.1, 0.15) is 5.56 Å². The molecule has 0 N–H and O–H groups in total. The lowest BCUT2D eigenvalue weighted by Crippen LogP contribution is -2.61. The van der Waals surface area contributed by atoms with Gasteiger partial charge in [0.2, 0.25) is 0 Å². The highest BCUT2D eigenvalue weighted by molar-refractivity contribution is 7.00. The fourth-order valence-electron chi connectivity index (χ4n) is 14.7. The van der Waals surface area contributed by atoms with Crippen molar-refractivity contribution in [2.75, 3.05) is 9.80 Å². The number of hydrogen-bond donors (Lipinski definition) is 0. The molecule has 2 aromatic heterocycles. The Hall–Kier alpha value is -12.9. The summed E-state index contributed by atoms with van der Waals surface area (Å²) in [5, 5.41) is 13.0. The van der Waals surface area contributed by atoms with Crippen molar-refractivity contribution in [3.05, 3.63) is 351 Å². The summed E-state index contributed by atoms with van der Waals surface area (Å²) in [5.74, 6) is 0.538. The molecule has 0 saturated carbocycles. The Morgan fingerprint density at radius 2 is 0.667 bits per heavy atom. The molecule has 0 amide bonds. The zero-order valence-corrected chi connectivity index (χ0v) is 52.2. The van der Waals surface area contributed by atoms with Gasteiger partial charge in [0, 0.05) is 67.3 Å². The van der Waals surface area contributed by atoms with E-state index >= 15 is 0 Å². The Morgan fingerprint density at radius 1 is 0.271 bits per heavy atom. The summed E-state index contributed by atoms with van der Waals surface area (Å²) in [6.45, 7) is -0.160. The van der Waals surface area contributed by atoms with Gasteiger partial charge in [-0.1, -0.05) is 255 Å². The third-order valence-corrected chi connectivity index (χ3v) is 19.2. The van der Waals surface area contributed by atoms with Crippen LogP contribution in [0.3, 0.4) is 0 Å². The van der Waals surface area contributed by atoms with Crippen LogP contribution in [0, 0.1) is 11.3 Å². The minimum Gasteiger partial charge on any atom is -0.311 e. The maximum Gasteiger partial charge on any atom is 0.252 e. The van der Waals surface area contributed by atoms with Gasteiger partial charge in [0.15, 0.2) is 5.82 Å². The normalized spacial score (nSPS) is 12.1. The molecule has 7 heteroatoms. The van der Waals surface area contributed by atoms with Crippen molar-refractivity contribution in [1.82, 2.24) is 14.5 Å². The zero-order valence-electron chi connectivity index (χ0n) is 52.2. The van der Waals surface area contributed by atoms with Crippen LogP contribution in [0.4, 0.5) is 34.1 Å². The van der Waals surface area contributed by atoms with Crippen molar-refractivity contribution in [2.24, 2.45) is 0 Å². The molecule has 0 spiro atoms. The van der Waals surface area contributed by atoms with Crippen LogP contribution >= 0.6 is 0 Å². The molecule has 16 aromatic rings. The maximum atomic E-state index is 10.9. The van der Waals surface area contributed by atoms with Crippen LogP contribution in [0.25, 0.3) is 117 Å². The number of para-hydroxylation sites is 1. The van der Waals surface area contributed by atoms with Crippen molar-refractivity contribution >= 4 is 79.0 Å². The fourth-order valence-corrected chi connectivity index (χ4v) is 14.7. The Morgan fingerprint density at radius 3 is 1.15 bits per heavy atom. The Balaban J connectivity index is 0.865. The average molecular weight is 1220 g/mol. The molecule has 0 aliphatic carbocycles. The molecule has 6 nitrogen and oxygen atoms in total. The van der Waals surface area contributed by atoms with Crippen molar-refractivity contribution in [2.45, 2.75) is 0 Å². The third-order valence-electron chi connectivity index (χ3n) is 19.2. The third kappa shape index (κ3) is 9.75. The molecule has 14 aromatic carbocycles. The van der Waals surface area contributed by atoms with E-state index in [1.165, 1.54) is 49.8 Å². The lowest BCUT2D eigenvalue weighted by Gasteiger charge is -2.44. The second-order valence-corrected chi connectivity index (χ2v) is 24.8. The highest BCUT2D eigenvalue weighted by Crippen LogP contribution is 2.48. The molecular weight excluding hydrogens is 1160 g/mol. The zero-order chi connectivity index (χ0) is 63.6. The molecule has 4 heterocycles. The Kier molecular flexibility index (Phi) is 13.6. The first-order valence-electron chi connectivity index (χ1n) is 32.6. The number of rotatable bonds is 11. The van der Waals surface area contributed by atoms with Gasteiger partial charge >= 0.3 is 0 Å². The van der Waals surface area contributed by atoms with Gasteiger partial charge in [-0.25, -0.2) is 9.97 Å². The molecule has 96 heavy (non-hydrogen) atoms.